The topological polar surface area (TPSA) is 90.9 Å². The summed E-state index contributed by atoms with van der Waals surface area (Å²) in [6.45, 7) is 5.62. The first-order valence-electron chi connectivity index (χ1n) is 14.8. The highest BCUT2D eigenvalue weighted by atomic mass is 19.1. The number of ether oxygens (including phenoxy) is 1. The minimum Gasteiger partial charge on any atom is -0.497 e. The molecular weight excluding hydrogens is 564 g/mol. The number of nitrogens with zero attached hydrogens (tertiary/aromatic N) is 1. The van der Waals surface area contributed by atoms with E-state index in [-0.39, 0.29) is 36.4 Å². The van der Waals surface area contributed by atoms with Gasteiger partial charge in [-0.15, -0.1) is 12.3 Å². The van der Waals surface area contributed by atoms with Gasteiger partial charge in [0.15, 0.2) is 0 Å². The van der Waals surface area contributed by atoms with Gasteiger partial charge in [0.05, 0.1) is 19.3 Å². The number of carbonyl (C=O) groups is 2. The maximum absolute atomic E-state index is 14.0. The molecule has 0 saturated heterocycles. The van der Waals surface area contributed by atoms with E-state index in [1.165, 1.54) is 18.2 Å². The molecule has 3 N–H and O–H groups in total. The third-order valence-electron chi connectivity index (χ3n) is 7.06. The third-order valence-corrected chi connectivity index (χ3v) is 7.06. The highest BCUT2D eigenvalue weighted by Crippen LogP contribution is 2.17. The van der Waals surface area contributed by atoms with E-state index in [4.69, 9.17) is 11.2 Å². The van der Waals surface area contributed by atoms with Gasteiger partial charge in [0.2, 0.25) is 0 Å². The number of hydrogen-bond donors (Lipinski definition) is 3. The van der Waals surface area contributed by atoms with Crippen LogP contribution in [0.3, 0.4) is 0 Å². The lowest BCUT2D eigenvalue weighted by atomic mass is 9.98. The van der Waals surface area contributed by atoms with Crippen molar-refractivity contribution >= 4 is 11.8 Å². The van der Waals surface area contributed by atoms with Crippen LogP contribution < -0.4 is 15.4 Å². The second-order valence-corrected chi connectivity index (χ2v) is 10.7. The second kappa shape index (κ2) is 17.1. The molecule has 9 heteroatoms. The lowest BCUT2D eigenvalue weighted by Crippen LogP contribution is -2.48. The van der Waals surface area contributed by atoms with Crippen molar-refractivity contribution < 1.29 is 28.2 Å². The SMILES string of the molecule is C#CCc1cc(C(=O)N[C@@H](Cc2cc(F)cc(F)c2)[C@H](O)CNCc2cccc(OC)c2)cc(C(=O)N(CCC)CCC)c1. The quantitative estimate of drug-likeness (QED) is 0.202. The van der Waals surface area contributed by atoms with Gasteiger partial charge in [0.1, 0.15) is 17.4 Å². The summed E-state index contributed by atoms with van der Waals surface area (Å²) in [4.78, 5) is 28.7. The van der Waals surface area contributed by atoms with Gasteiger partial charge in [-0.25, -0.2) is 8.78 Å². The molecule has 0 saturated carbocycles. The lowest BCUT2D eigenvalue weighted by molar-refractivity contribution is 0.0755. The minimum absolute atomic E-state index is 0.0426. The maximum Gasteiger partial charge on any atom is 0.253 e. The number of methoxy groups -OCH3 is 1. The zero-order valence-corrected chi connectivity index (χ0v) is 25.5. The predicted octanol–water partition coefficient (Wildman–Crippen LogP) is 4.90. The van der Waals surface area contributed by atoms with Crippen molar-refractivity contribution in [3.63, 3.8) is 0 Å². The van der Waals surface area contributed by atoms with Gasteiger partial charge in [0.25, 0.3) is 11.8 Å². The first-order chi connectivity index (χ1) is 21.2. The number of amides is 2. The molecule has 3 rings (SSSR count). The van der Waals surface area contributed by atoms with E-state index in [1.54, 1.807) is 24.1 Å². The van der Waals surface area contributed by atoms with Crippen molar-refractivity contribution in [2.45, 2.75) is 58.2 Å². The van der Waals surface area contributed by atoms with Crippen LogP contribution in [-0.4, -0.2) is 60.7 Å². The Hall–Kier alpha value is -4.26. The summed E-state index contributed by atoms with van der Waals surface area (Å²) in [6.07, 6.45) is 6.17. The molecule has 0 fully saturated rings. The first kappa shape index (κ1) is 34.2. The Balaban J connectivity index is 1.86. The van der Waals surface area contributed by atoms with Crippen molar-refractivity contribution in [1.82, 2.24) is 15.5 Å². The molecule has 0 bridgehead atoms. The van der Waals surface area contributed by atoms with Crippen LogP contribution in [0.15, 0.2) is 60.7 Å². The smallest absolute Gasteiger partial charge is 0.253 e. The van der Waals surface area contributed by atoms with Crippen molar-refractivity contribution in [2.75, 3.05) is 26.7 Å². The molecule has 234 valence electrons. The Morgan fingerprint density at radius 3 is 2.27 bits per heavy atom. The van der Waals surface area contributed by atoms with Crippen LogP contribution in [0.2, 0.25) is 0 Å². The Morgan fingerprint density at radius 1 is 0.955 bits per heavy atom. The number of aliphatic hydroxyl groups is 1. The van der Waals surface area contributed by atoms with E-state index >= 15 is 0 Å². The van der Waals surface area contributed by atoms with Crippen molar-refractivity contribution in [3.8, 4) is 18.1 Å². The Bertz CT molecular complexity index is 1430. The normalized spacial score (nSPS) is 12.2. The number of rotatable bonds is 16. The van der Waals surface area contributed by atoms with Gasteiger partial charge in [0, 0.05) is 49.8 Å². The zero-order chi connectivity index (χ0) is 32.1. The number of aliphatic hydroxyl groups excluding tert-OH is 1. The van der Waals surface area contributed by atoms with Crippen LogP contribution in [0.5, 0.6) is 5.75 Å². The van der Waals surface area contributed by atoms with Gasteiger partial charge in [-0.2, -0.15) is 0 Å². The first-order valence-corrected chi connectivity index (χ1v) is 14.8. The molecule has 2 atom stereocenters. The predicted molar refractivity (Wildman–Crippen MR) is 167 cm³/mol. The fourth-order valence-electron chi connectivity index (χ4n) is 5.01. The van der Waals surface area contributed by atoms with Crippen LogP contribution in [0.1, 0.15) is 64.1 Å². The van der Waals surface area contributed by atoms with Gasteiger partial charge in [-0.1, -0.05) is 26.0 Å². The highest BCUT2D eigenvalue weighted by molar-refractivity contribution is 6.00. The van der Waals surface area contributed by atoms with E-state index in [9.17, 15) is 23.5 Å². The molecule has 0 aromatic heterocycles. The number of carbonyl (C=O) groups excluding carboxylic acids is 2. The number of halogens is 2. The standard InChI is InChI=1S/C35H41F2N3O4/c1-5-9-24-14-27(20-28(15-24)35(43)40(12-6-2)13-7-3)34(42)39-32(19-26-16-29(36)21-30(37)17-26)33(41)23-38-22-25-10-8-11-31(18-25)44-4/h1,8,10-11,14-18,20-21,32-33,38,41H,6-7,9,12-13,19,22-23H2,2-4H3,(H,39,42)/t32-,33+/m0/s1. The van der Waals surface area contributed by atoms with Crippen molar-refractivity contribution in [3.05, 3.63) is 100 Å². The summed E-state index contributed by atoms with van der Waals surface area (Å²) >= 11 is 0. The summed E-state index contributed by atoms with van der Waals surface area (Å²) in [5.41, 5.74) is 2.36. The van der Waals surface area contributed by atoms with E-state index in [0.717, 1.165) is 24.5 Å². The molecule has 0 aliphatic carbocycles. The van der Waals surface area contributed by atoms with Crippen LogP contribution in [0.25, 0.3) is 0 Å². The lowest BCUT2D eigenvalue weighted by Gasteiger charge is -2.25. The summed E-state index contributed by atoms with van der Waals surface area (Å²) in [5.74, 6) is 0.983. The molecule has 0 radical (unpaired) electrons. The van der Waals surface area contributed by atoms with Crippen molar-refractivity contribution in [1.29, 1.82) is 0 Å². The summed E-state index contributed by atoms with van der Waals surface area (Å²) in [5, 5.41) is 17.2. The Morgan fingerprint density at radius 2 is 1.64 bits per heavy atom. The molecule has 44 heavy (non-hydrogen) atoms. The van der Waals surface area contributed by atoms with Crippen LogP contribution in [0.4, 0.5) is 8.78 Å². The molecular formula is C35H41F2N3O4. The number of hydrogen-bond acceptors (Lipinski definition) is 5. The average molecular weight is 606 g/mol. The fourth-order valence-corrected chi connectivity index (χ4v) is 5.01. The van der Waals surface area contributed by atoms with Crippen LogP contribution in [0, 0.1) is 24.0 Å². The van der Waals surface area contributed by atoms with Gasteiger partial charge in [-0.3, -0.25) is 9.59 Å². The summed E-state index contributed by atoms with van der Waals surface area (Å²) in [7, 11) is 1.58. The third kappa shape index (κ3) is 10.2. The van der Waals surface area contributed by atoms with Crippen molar-refractivity contribution in [2.24, 2.45) is 0 Å². The molecule has 0 unspecified atom stereocenters. The highest BCUT2D eigenvalue weighted by Gasteiger charge is 2.24. The molecule has 0 aliphatic heterocycles. The fraction of sp³-hybridized carbons (Fsp3) is 0.371. The number of terminal acetylenes is 1. The maximum atomic E-state index is 14.0. The summed E-state index contributed by atoms with van der Waals surface area (Å²) in [6, 6.07) is 14.4. The number of nitrogens with one attached hydrogen (secondary N) is 2. The van der Waals surface area contributed by atoms with Gasteiger partial charge in [-0.05, 0) is 78.4 Å². The molecule has 7 nitrogen and oxygen atoms in total. The monoisotopic (exact) mass is 605 g/mol. The van der Waals surface area contributed by atoms with Gasteiger partial charge < -0.3 is 25.4 Å². The van der Waals surface area contributed by atoms with E-state index < -0.39 is 29.7 Å². The molecule has 0 heterocycles. The van der Waals surface area contributed by atoms with Crippen LogP contribution in [-0.2, 0) is 19.4 Å². The van der Waals surface area contributed by atoms with E-state index in [0.29, 0.717) is 36.5 Å². The van der Waals surface area contributed by atoms with E-state index in [1.807, 2.05) is 38.1 Å². The summed E-state index contributed by atoms with van der Waals surface area (Å²) < 4.78 is 33.3. The van der Waals surface area contributed by atoms with E-state index in [2.05, 4.69) is 16.6 Å². The molecule has 0 aliphatic rings. The molecule has 2 amide bonds. The Labute approximate surface area is 258 Å². The minimum atomic E-state index is -1.13. The molecule has 3 aromatic rings. The van der Waals surface area contributed by atoms with Gasteiger partial charge >= 0.3 is 0 Å². The Kier molecular flexibility index (Phi) is 13.3. The molecule has 3 aromatic carbocycles. The zero-order valence-electron chi connectivity index (χ0n) is 25.5. The average Bonchev–Trinajstić information content (AvgIpc) is 2.99. The largest absolute Gasteiger partial charge is 0.497 e. The second-order valence-electron chi connectivity index (χ2n) is 10.7. The van der Waals surface area contributed by atoms with Crippen LogP contribution >= 0.6 is 0 Å². The molecule has 0 spiro atoms. The number of benzene rings is 3.